The van der Waals surface area contributed by atoms with Crippen LogP contribution in [0.3, 0.4) is 0 Å². The molecule has 1 N–H and O–H groups in total. The highest BCUT2D eigenvalue weighted by atomic mass is 79.9. The normalized spacial score (nSPS) is 10.9. The Balaban J connectivity index is 1.84. The minimum absolute atomic E-state index is 0.0631. The molecule has 168 valence electrons. The van der Waals surface area contributed by atoms with Crippen molar-refractivity contribution in [3.05, 3.63) is 91.9 Å². The summed E-state index contributed by atoms with van der Waals surface area (Å²) in [7, 11) is 0. The number of benzene rings is 3. The van der Waals surface area contributed by atoms with Crippen LogP contribution >= 0.6 is 39.1 Å². The summed E-state index contributed by atoms with van der Waals surface area (Å²) in [6.45, 7) is 2.56. The number of rotatable bonds is 8. The standard InChI is InChI=1S/C25H19BrCl2N2O3/c1-2-32-23-13-17(10-18(14-29)25(31)30-21-8-6-19(27)7-9-21)12-22(26)24(23)33-15-16-4-3-5-20(28)11-16/h3-13H,2,15H2,1H3,(H,30,31)/b18-10+. The van der Waals surface area contributed by atoms with Crippen molar-refractivity contribution < 1.29 is 14.3 Å². The van der Waals surface area contributed by atoms with E-state index in [1.807, 2.05) is 31.2 Å². The minimum Gasteiger partial charge on any atom is -0.490 e. The summed E-state index contributed by atoms with van der Waals surface area (Å²) in [5.74, 6) is 0.462. The van der Waals surface area contributed by atoms with E-state index in [9.17, 15) is 10.1 Å². The number of carbonyl (C=O) groups is 1. The van der Waals surface area contributed by atoms with E-state index in [0.717, 1.165) is 5.56 Å². The number of ether oxygens (including phenoxy) is 2. The zero-order valence-corrected chi connectivity index (χ0v) is 20.7. The number of hydrogen-bond acceptors (Lipinski definition) is 4. The van der Waals surface area contributed by atoms with Gasteiger partial charge in [-0.15, -0.1) is 0 Å². The Morgan fingerprint density at radius 3 is 2.52 bits per heavy atom. The van der Waals surface area contributed by atoms with E-state index in [-0.39, 0.29) is 5.57 Å². The fourth-order valence-electron chi connectivity index (χ4n) is 2.90. The molecule has 0 heterocycles. The zero-order chi connectivity index (χ0) is 23.8. The van der Waals surface area contributed by atoms with E-state index in [1.165, 1.54) is 6.08 Å². The van der Waals surface area contributed by atoms with Crippen molar-refractivity contribution in [2.45, 2.75) is 13.5 Å². The van der Waals surface area contributed by atoms with Gasteiger partial charge in [-0.05, 0) is 88.6 Å². The lowest BCUT2D eigenvalue weighted by Crippen LogP contribution is -2.13. The van der Waals surface area contributed by atoms with Gasteiger partial charge in [0.1, 0.15) is 18.2 Å². The molecule has 0 unspecified atom stereocenters. The van der Waals surface area contributed by atoms with Crippen LogP contribution in [0.15, 0.2) is 70.7 Å². The van der Waals surface area contributed by atoms with Gasteiger partial charge < -0.3 is 14.8 Å². The Morgan fingerprint density at radius 2 is 1.85 bits per heavy atom. The summed E-state index contributed by atoms with van der Waals surface area (Å²) in [5.41, 5.74) is 1.98. The van der Waals surface area contributed by atoms with E-state index >= 15 is 0 Å². The molecule has 0 radical (unpaired) electrons. The Hall–Kier alpha value is -2.98. The third-order valence-electron chi connectivity index (χ3n) is 4.38. The molecule has 0 atom stereocenters. The lowest BCUT2D eigenvalue weighted by molar-refractivity contribution is -0.112. The highest BCUT2D eigenvalue weighted by Crippen LogP contribution is 2.38. The molecule has 3 aromatic rings. The molecule has 5 nitrogen and oxygen atoms in total. The van der Waals surface area contributed by atoms with Crippen molar-refractivity contribution >= 4 is 56.8 Å². The molecule has 0 saturated heterocycles. The van der Waals surface area contributed by atoms with Gasteiger partial charge in [-0.1, -0.05) is 35.3 Å². The molecule has 0 aliphatic carbocycles. The highest BCUT2D eigenvalue weighted by Gasteiger charge is 2.15. The van der Waals surface area contributed by atoms with Gasteiger partial charge in [-0.25, -0.2) is 0 Å². The summed E-state index contributed by atoms with van der Waals surface area (Å²) < 4.78 is 12.3. The van der Waals surface area contributed by atoms with E-state index in [1.54, 1.807) is 42.5 Å². The molecule has 0 aliphatic rings. The smallest absolute Gasteiger partial charge is 0.266 e. The van der Waals surface area contributed by atoms with Crippen LogP contribution < -0.4 is 14.8 Å². The zero-order valence-electron chi connectivity index (χ0n) is 17.6. The number of nitrogens with zero attached hydrogens (tertiary/aromatic N) is 1. The molecule has 0 bridgehead atoms. The predicted octanol–water partition coefficient (Wildman–Crippen LogP) is 7.28. The summed E-state index contributed by atoms with van der Waals surface area (Å²) in [6, 6.07) is 19.4. The van der Waals surface area contributed by atoms with Crippen molar-refractivity contribution in [2.75, 3.05) is 11.9 Å². The van der Waals surface area contributed by atoms with Crippen molar-refractivity contribution in [2.24, 2.45) is 0 Å². The lowest BCUT2D eigenvalue weighted by atomic mass is 10.1. The summed E-state index contributed by atoms with van der Waals surface area (Å²) in [4.78, 5) is 12.6. The van der Waals surface area contributed by atoms with Crippen LogP contribution in [0, 0.1) is 11.3 Å². The maximum Gasteiger partial charge on any atom is 0.266 e. The maximum absolute atomic E-state index is 12.6. The van der Waals surface area contributed by atoms with Crippen LogP contribution in [0.25, 0.3) is 6.08 Å². The van der Waals surface area contributed by atoms with Crippen LogP contribution in [0.5, 0.6) is 11.5 Å². The second kappa shape index (κ2) is 11.8. The highest BCUT2D eigenvalue weighted by molar-refractivity contribution is 9.10. The molecule has 0 aliphatic heterocycles. The first kappa shape index (κ1) is 24.7. The molecular formula is C25H19BrCl2N2O3. The molecule has 0 fully saturated rings. The third kappa shape index (κ3) is 7.00. The first-order valence-corrected chi connectivity index (χ1v) is 11.5. The number of hydrogen-bond donors (Lipinski definition) is 1. The maximum atomic E-state index is 12.6. The molecule has 3 aromatic carbocycles. The van der Waals surface area contributed by atoms with Gasteiger partial charge in [0.15, 0.2) is 11.5 Å². The van der Waals surface area contributed by atoms with Gasteiger partial charge in [0, 0.05) is 15.7 Å². The van der Waals surface area contributed by atoms with Gasteiger partial charge in [0.2, 0.25) is 0 Å². The molecule has 0 spiro atoms. The van der Waals surface area contributed by atoms with Crippen LogP contribution in [-0.2, 0) is 11.4 Å². The van der Waals surface area contributed by atoms with E-state index < -0.39 is 5.91 Å². The van der Waals surface area contributed by atoms with Gasteiger partial charge in [-0.2, -0.15) is 5.26 Å². The third-order valence-corrected chi connectivity index (χ3v) is 5.46. The monoisotopic (exact) mass is 544 g/mol. The summed E-state index contributed by atoms with van der Waals surface area (Å²) in [6.07, 6.45) is 1.49. The van der Waals surface area contributed by atoms with Crippen LogP contribution in [0.4, 0.5) is 5.69 Å². The van der Waals surface area contributed by atoms with E-state index in [0.29, 0.717) is 50.5 Å². The van der Waals surface area contributed by atoms with E-state index in [2.05, 4.69) is 21.2 Å². The Bertz CT molecular complexity index is 1220. The van der Waals surface area contributed by atoms with Crippen molar-refractivity contribution in [1.29, 1.82) is 5.26 Å². The van der Waals surface area contributed by atoms with Crippen LogP contribution in [0.2, 0.25) is 10.0 Å². The average molecular weight is 546 g/mol. The van der Waals surface area contributed by atoms with E-state index in [4.69, 9.17) is 32.7 Å². The lowest BCUT2D eigenvalue weighted by Gasteiger charge is -2.15. The van der Waals surface area contributed by atoms with Gasteiger partial charge in [0.05, 0.1) is 11.1 Å². The molecule has 1 amide bonds. The Morgan fingerprint density at radius 1 is 1.09 bits per heavy atom. The number of halogens is 3. The number of anilines is 1. The van der Waals surface area contributed by atoms with Crippen molar-refractivity contribution in [3.8, 4) is 17.6 Å². The fraction of sp³-hybridized carbons (Fsp3) is 0.120. The van der Waals surface area contributed by atoms with Crippen molar-refractivity contribution in [1.82, 2.24) is 0 Å². The molecule has 8 heteroatoms. The quantitative estimate of drug-likeness (QED) is 0.238. The molecule has 0 aromatic heterocycles. The first-order valence-electron chi connectivity index (χ1n) is 9.92. The molecule has 0 saturated carbocycles. The van der Waals surface area contributed by atoms with Crippen LogP contribution in [0.1, 0.15) is 18.1 Å². The summed E-state index contributed by atoms with van der Waals surface area (Å²) in [5, 5.41) is 13.4. The number of nitrogens with one attached hydrogen (secondary N) is 1. The second-order valence-electron chi connectivity index (χ2n) is 6.81. The Kier molecular flexibility index (Phi) is 8.79. The second-order valence-corrected chi connectivity index (χ2v) is 8.54. The molecule has 33 heavy (non-hydrogen) atoms. The van der Waals surface area contributed by atoms with Crippen LogP contribution in [-0.4, -0.2) is 12.5 Å². The number of nitriles is 1. The average Bonchev–Trinajstić information content (AvgIpc) is 2.78. The fourth-order valence-corrected chi connectivity index (χ4v) is 3.82. The van der Waals surface area contributed by atoms with Gasteiger partial charge >= 0.3 is 0 Å². The molecular weight excluding hydrogens is 527 g/mol. The molecule has 3 rings (SSSR count). The largest absolute Gasteiger partial charge is 0.490 e. The first-order chi connectivity index (χ1) is 15.9. The SMILES string of the molecule is CCOc1cc(/C=C(\C#N)C(=O)Nc2ccc(Cl)cc2)cc(Br)c1OCc1cccc(Cl)c1. The van der Waals surface area contributed by atoms with Crippen molar-refractivity contribution in [3.63, 3.8) is 0 Å². The predicted molar refractivity (Wildman–Crippen MR) is 135 cm³/mol. The number of amides is 1. The number of carbonyl (C=O) groups excluding carboxylic acids is 1. The van der Waals surface area contributed by atoms with Gasteiger partial charge in [-0.3, -0.25) is 4.79 Å². The summed E-state index contributed by atoms with van der Waals surface area (Å²) >= 11 is 15.4. The van der Waals surface area contributed by atoms with Gasteiger partial charge in [0.25, 0.3) is 5.91 Å². The topological polar surface area (TPSA) is 71.3 Å². The Labute approximate surface area is 210 Å². The minimum atomic E-state index is -0.532.